The molecule has 6 heteroatoms. The molecular weight excluding hydrogens is 328 g/mol. The van der Waals surface area contributed by atoms with E-state index in [1.807, 2.05) is 7.05 Å². The quantitative estimate of drug-likeness (QED) is 0.908. The van der Waals surface area contributed by atoms with Gasteiger partial charge in [-0.05, 0) is 58.9 Å². The van der Waals surface area contributed by atoms with E-state index in [4.69, 9.17) is 4.74 Å². The number of methoxy groups -OCH3 is 1. The number of rotatable bonds is 4. The van der Waals surface area contributed by atoms with Crippen molar-refractivity contribution < 1.29 is 9.53 Å². The molecule has 19 heavy (non-hydrogen) atoms. The first-order valence-electron chi connectivity index (χ1n) is 6.32. The zero-order chi connectivity index (χ0) is 13.9. The largest absolute Gasteiger partial charge is 0.368 e. The van der Waals surface area contributed by atoms with Crippen LogP contribution in [0, 0.1) is 0 Å². The van der Waals surface area contributed by atoms with Crippen molar-refractivity contribution >= 4 is 33.2 Å². The molecule has 1 aliphatic rings. The third-order valence-electron chi connectivity index (χ3n) is 3.58. The lowest BCUT2D eigenvalue weighted by Crippen LogP contribution is -2.54. The van der Waals surface area contributed by atoms with E-state index in [0.29, 0.717) is 6.54 Å². The van der Waals surface area contributed by atoms with Crippen molar-refractivity contribution in [2.45, 2.75) is 25.0 Å². The number of nitrogens with one attached hydrogen (secondary N) is 1. The number of likely N-dealkylation sites (N-methyl/N-ethyl adjacent to an activating group) is 1. The number of carbonyl (C=O) groups excluding carboxylic acids is 1. The number of thiophene rings is 1. The van der Waals surface area contributed by atoms with Crippen LogP contribution in [0.5, 0.6) is 0 Å². The second-order valence-corrected chi connectivity index (χ2v) is 7.16. The maximum atomic E-state index is 12.6. The van der Waals surface area contributed by atoms with Crippen molar-refractivity contribution in [3.05, 3.63) is 20.8 Å². The Hall–Kier alpha value is -0.430. The second-order valence-electron chi connectivity index (χ2n) is 4.87. The Kier molecular flexibility index (Phi) is 5.00. The van der Waals surface area contributed by atoms with Crippen LogP contribution in [0.25, 0.3) is 0 Å². The summed E-state index contributed by atoms with van der Waals surface area (Å²) in [6.45, 7) is 2.29. The van der Waals surface area contributed by atoms with E-state index in [0.717, 1.165) is 35.3 Å². The van der Waals surface area contributed by atoms with Crippen LogP contribution in [0.1, 0.15) is 18.4 Å². The average molecular weight is 347 g/mol. The molecule has 0 saturated carbocycles. The smallest absolute Gasteiger partial charge is 0.254 e. The first kappa shape index (κ1) is 15.0. The Morgan fingerprint density at radius 1 is 1.58 bits per heavy atom. The fourth-order valence-corrected chi connectivity index (χ4v) is 3.66. The maximum Gasteiger partial charge on any atom is 0.254 e. The topological polar surface area (TPSA) is 41.6 Å². The molecule has 2 heterocycles. The average Bonchev–Trinajstić information content (AvgIpc) is 2.84. The van der Waals surface area contributed by atoms with Crippen molar-refractivity contribution in [3.63, 3.8) is 0 Å². The molecule has 1 aliphatic heterocycles. The van der Waals surface area contributed by atoms with Gasteiger partial charge in [-0.25, -0.2) is 0 Å². The summed E-state index contributed by atoms with van der Waals surface area (Å²) >= 11 is 5.08. The first-order chi connectivity index (χ1) is 9.07. The lowest BCUT2D eigenvalue weighted by molar-refractivity contribution is -0.157. The predicted octanol–water partition coefficient (Wildman–Crippen LogP) is 2.24. The number of hydrogen-bond acceptors (Lipinski definition) is 4. The standard InChI is InChI=1S/C13H19BrN2O2S/c1-16(8-10-7-11(14)19-9-10)12(17)13(18-2)3-5-15-6-4-13/h7,9,15H,3-6,8H2,1-2H3. The summed E-state index contributed by atoms with van der Waals surface area (Å²) in [6.07, 6.45) is 1.47. The van der Waals surface area contributed by atoms with Gasteiger partial charge in [0.1, 0.15) is 5.60 Å². The number of halogens is 1. The molecule has 0 atom stereocenters. The monoisotopic (exact) mass is 346 g/mol. The number of nitrogens with zero attached hydrogens (tertiary/aromatic N) is 1. The minimum absolute atomic E-state index is 0.0822. The number of carbonyl (C=O) groups is 1. The van der Waals surface area contributed by atoms with Gasteiger partial charge in [0.2, 0.25) is 0 Å². The highest BCUT2D eigenvalue weighted by molar-refractivity contribution is 9.11. The number of piperidine rings is 1. The normalized spacial score (nSPS) is 18.3. The predicted molar refractivity (Wildman–Crippen MR) is 80.3 cm³/mol. The van der Waals surface area contributed by atoms with E-state index >= 15 is 0 Å². The molecule has 1 saturated heterocycles. The van der Waals surface area contributed by atoms with Gasteiger partial charge >= 0.3 is 0 Å². The molecule has 2 rings (SSSR count). The van der Waals surface area contributed by atoms with Crippen LogP contribution in [0.4, 0.5) is 0 Å². The Bertz CT molecular complexity index is 444. The van der Waals surface area contributed by atoms with Crippen LogP contribution in [0.3, 0.4) is 0 Å². The highest BCUT2D eigenvalue weighted by Gasteiger charge is 2.41. The van der Waals surface area contributed by atoms with Crippen molar-refractivity contribution in [3.8, 4) is 0 Å². The van der Waals surface area contributed by atoms with E-state index in [9.17, 15) is 4.79 Å². The molecule has 1 N–H and O–H groups in total. The first-order valence-corrected chi connectivity index (χ1v) is 7.99. The van der Waals surface area contributed by atoms with E-state index in [2.05, 4.69) is 32.7 Å². The van der Waals surface area contributed by atoms with Gasteiger partial charge in [0.25, 0.3) is 5.91 Å². The lowest BCUT2D eigenvalue weighted by Gasteiger charge is -2.37. The third-order valence-corrected chi connectivity index (χ3v) is 5.13. The molecule has 1 amide bonds. The van der Waals surface area contributed by atoms with Gasteiger partial charge in [-0.15, -0.1) is 11.3 Å². The Morgan fingerprint density at radius 2 is 2.26 bits per heavy atom. The Balaban J connectivity index is 2.04. The summed E-state index contributed by atoms with van der Waals surface area (Å²) in [5.74, 6) is 0.0822. The minimum atomic E-state index is -0.646. The Morgan fingerprint density at radius 3 is 2.79 bits per heavy atom. The number of ether oxygens (including phenoxy) is 1. The van der Waals surface area contributed by atoms with E-state index in [1.165, 1.54) is 0 Å². The molecule has 1 aromatic heterocycles. The zero-order valence-corrected chi connectivity index (χ0v) is 13.6. The fraction of sp³-hybridized carbons (Fsp3) is 0.615. The van der Waals surface area contributed by atoms with Crippen molar-refractivity contribution in [2.24, 2.45) is 0 Å². The van der Waals surface area contributed by atoms with Gasteiger partial charge in [-0.2, -0.15) is 0 Å². The number of amides is 1. The minimum Gasteiger partial charge on any atom is -0.368 e. The van der Waals surface area contributed by atoms with Gasteiger partial charge in [0.15, 0.2) is 0 Å². The summed E-state index contributed by atoms with van der Waals surface area (Å²) in [5, 5.41) is 5.33. The van der Waals surface area contributed by atoms with Crippen molar-refractivity contribution in [1.29, 1.82) is 0 Å². The van der Waals surface area contributed by atoms with Gasteiger partial charge in [0.05, 0.1) is 3.79 Å². The molecule has 0 spiro atoms. The zero-order valence-electron chi connectivity index (χ0n) is 11.2. The number of hydrogen-bond donors (Lipinski definition) is 1. The van der Waals surface area contributed by atoms with Gasteiger partial charge < -0.3 is 15.0 Å². The van der Waals surface area contributed by atoms with E-state index in [1.54, 1.807) is 23.3 Å². The second kappa shape index (κ2) is 6.35. The highest BCUT2D eigenvalue weighted by atomic mass is 79.9. The van der Waals surface area contributed by atoms with E-state index in [-0.39, 0.29) is 5.91 Å². The van der Waals surface area contributed by atoms with Crippen molar-refractivity contribution in [1.82, 2.24) is 10.2 Å². The molecule has 4 nitrogen and oxygen atoms in total. The third kappa shape index (κ3) is 3.37. The fourth-order valence-electron chi connectivity index (χ4n) is 2.46. The SMILES string of the molecule is COC1(C(=O)N(C)Cc2csc(Br)c2)CCNCC1. The molecular formula is C13H19BrN2O2S. The van der Waals surface area contributed by atoms with E-state index < -0.39 is 5.60 Å². The maximum absolute atomic E-state index is 12.6. The summed E-state index contributed by atoms with van der Waals surface area (Å²) in [6, 6.07) is 2.05. The Labute approximate surface area is 126 Å². The van der Waals surface area contributed by atoms with Crippen LogP contribution in [0.2, 0.25) is 0 Å². The van der Waals surface area contributed by atoms with Crippen LogP contribution in [-0.2, 0) is 16.1 Å². The molecule has 0 aromatic carbocycles. The van der Waals surface area contributed by atoms with Crippen LogP contribution < -0.4 is 5.32 Å². The molecule has 0 aliphatic carbocycles. The molecule has 0 unspecified atom stereocenters. The highest BCUT2D eigenvalue weighted by Crippen LogP contribution is 2.26. The summed E-state index contributed by atoms with van der Waals surface area (Å²) in [7, 11) is 3.48. The molecule has 0 radical (unpaired) electrons. The van der Waals surface area contributed by atoms with Crippen LogP contribution >= 0.6 is 27.3 Å². The summed E-state index contributed by atoms with van der Waals surface area (Å²) < 4.78 is 6.66. The molecule has 1 aromatic rings. The summed E-state index contributed by atoms with van der Waals surface area (Å²) in [4.78, 5) is 14.4. The molecule has 1 fully saturated rings. The van der Waals surface area contributed by atoms with Gasteiger partial charge in [0, 0.05) is 20.7 Å². The molecule has 0 bridgehead atoms. The van der Waals surface area contributed by atoms with Crippen molar-refractivity contribution in [2.75, 3.05) is 27.2 Å². The van der Waals surface area contributed by atoms with Crippen LogP contribution in [-0.4, -0.2) is 43.7 Å². The summed E-state index contributed by atoms with van der Waals surface area (Å²) in [5.41, 5.74) is 0.501. The van der Waals surface area contributed by atoms with Gasteiger partial charge in [-0.1, -0.05) is 0 Å². The molecule has 106 valence electrons. The lowest BCUT2D eigenvalue weighted by atomic mass is 9.90. The van der Waals surface area contributed by atoms with Gasteiger partial charge in [-0.3, -0.25) is 4.79 Å². The van der Waals surface area contributed by atoms with Crippen LogP contribution in [0.15, 0.2) is 15.2 Å².